The lowest BCUT2D eigenvalue weighted by molar-refractivity contribution is -0.137. The number of carbonyl (C=O) groups is 2. The van der Waals surface area contributed by atoms with Crippen LogP contribution in [0, 0.1) is 5.82 Å². The SMILES string of the molecule is CC.CCOC(=O)C(=O)c1ccc(-c2ccc(F)cc2)cc1. The number of ketones is 1. The second kappa shape index (κ2) is 8.72. The van der Waals surface area contributed by atoms with Gasteiger partial charge in [0.15, 0.2) is 0 Å². The monoisotopic (exact) mass is 302 g/mol. The molecule has 0 aromatic heterocycles. The van der Waals surface area contributed by atoms with Crippen LogP contribution in [0.5, 0.6) is 0 Å². The molecule has 2 aromatic rings. The minimum Gasteiger partial charge on any atom is -0.460 e. The maximum absolute atomic E-state index is 12.8. The average Bonchev–Trinajstić information content (AvgIpc) is 2.57. The molecule has 116 valence electrons. The summed E-state index contributed by atoms with van der Waals surface area (Å²) >= 11 is 0. The maximum atomic E-state index is 12.8. The van der Waals surface area contributed by atoms with Crippen LogP contribution in [0.3, 0.4) is 0 Å². The van der Waals surface area contributed by atoms with E-state index >= 15 is 0 Å². The fourth-order valence-electron chi connectivity index (χ4n) is 1.77. The molecule has 0 fully saturated rings. The van der Waals surface area contributed by atoms with E-state index in [0.717, 1.165) is 11.1 Å². The van der Waals surface area contributed by atoms with Gasteiger partial charge in [0.25, 0.3) is 5.78 Å². The summed E-state index contributed by atoms with van der Waals surface area (Å²) in [4.78, 5) is 23.0. The predicted octanol–water partition coefficient (Wildman–Crippen LogP) is 4.26. The Morgan fingerprint density at radius 3 is 1.82 bits per heavy atom. The van der Waals surface area contributed by atoms with Crippen LogP contribution in [0.2, 0.25) is 0 Å². The molecule has 3 nitrogen and oxygen atoms in total. The second-order valence-electron chi connectivity index (χ2n) is 4.13. The lowest BCUT2D eigenvalue weighted by atomic mass is 10.0. The smallest absolute Gasteiger partial charge is 0.379 e. The number of esters is 1. The molecule has 0 atom stereocenters. The molecule has 0 heterocycles. The minimum atomic E-state index is -0.859. The molecule has 0 aliphatic rings. The first-order valence-corrected chi connectivity index (χ1v) is 7.19. The van der Waals surface area contributed by atoms with Crippen molar-refractivity contribution in [1.82, 2.24) is 0 Å². The van der Waals surface area contributed by atoms with Gasteiger partial charge in [-0.2, -0.15) is 0 Å². The van der Waals surface area contributed by atoms with Crippen molar-refractivity contribution in [2.75, 3.05) is 6.61 Å². The molecular weight excluding hydrogens is 283 g/mol. The van der Waals surface area contributed by atoms with Gasteiger partial charge in [-0.15, -0.1) is 0 Å². The molecule has 0 saturated heterocycles. The molecule has 0 aliphatic heterocycles. The Hall–Kier alpha value is -2.49. The Kier molecular flexibility index (Phi) is 6.96. The molecule has 0 radical (unpaired) electrons. The van der Waals surface area contributed by atoms with Crippen molar-refractivity contribution in [3.8, 4) is 11.1 Å². The van der Waals surface area contributed by atoms with Crippen LogP contribution in [-0.2, 0) is 9.53 Å². The lowest BCUT2D eigenvalue weighted by Gasteiger charge is -2.04. The molecule has 22 heavy (non-hydrogen) atoms. The van der Waals surface area contributed by atoms with Gasteiger partial charge < -0.3 is 4.74 Å². The summed E-state index contributed by atoms with van der Waals surface area (Å²) in [7, 11) is 0. The van der Waals surface area contributed by atoms with Gasteiger partial charge in [-0.05, 0) is 30.2 Å². The summed E-state index contributed by atoms with van der Waals surface area (Å²) in [5, 5.41) is 0. The second-order valence-corrected chi connectivity index (χ2v) is 4.13. The van der Waals surface area contributed by atoms with Gasteiger partial charge in [-0.1, -0.05) is 50.2 Å². The molecule has 0 N–H and O–H groups in total. The highest BCUT2D eigenvalue weighted by molar-refractivity contribution is 6.40. The van der Waals surface area contributed by atoms with E-state index in [1.54, 1.807) is 43.3 Å². The number of hydrogen-bond acceptors (Lipinski definition) is 3. The molecule has 0 amide bonds. The third-order valence-electron chi connectivity index (χ3n) is 2.79. The van der Waals surface area contributed by atoms with Gasteiger partial charge in [-0.3, -0.25) is 4.79 Å². The highest BCUT2D eigenvalue weighted by atomic mass is 19.1. The Bertz CT molecular complexity index is 616. The first-order valence-electron chi connectivity index (χ1n) is 7.19. The van der Waals surface area contributed by atoms with Crippen molar-refractivity contribution < 1.29 is 18.7 Å². The van der Waals surface area contributed by atoms with Crippen molar-refractivity contribution in [3.63, 3.8) is 0 Å². The predicted molar refractivity (Wildman–Crippen MR) is 84.1 cm³/mol. The molecule has 2 rings (SSSR count). The third-order valence-corrected chi connectivity index (χ3v) is 2.79. The van der Waals surface area contributed by atoms with Crippen molar-refractivity contribution in [2.24, 2.45) is 0 Å². The van der Waals surface area contributed by atoms with Gasteiger partial charge in [-0.25, -0.2) is 9.18 Å². The first kappa shape index (κ1) is 17.6. The molecule has 0 aliphatic carbocycles. The molecule has 4 heteroatoms. The van der Waals surface area contributed by atoms with Gasteiger partial charge in [0.05, 0.1) is 6.61 Å². The Morgan fingerprint density at radius 2 is 1.36 bits per heavy atom. The van der Waals surface area contributed by atoms with Crippen LogP contribution in [0.4, 0.5) is 4.39 Å². The largest absolute Gasteiger partial charge is 0.460 e. The summed E-state index contributed by atoms with van der Waals surface area (Å²) < 4.78 is 17.5. The molecule has 0 bridgehead atoms. The quantitative estimate of drug-likeness (QED) is 0.481. The Balaban J connectivity index is 0.00000116. The van der Waals surface area contributed by atoms with E-state index in [9.17, 15) is 14.0 Å². The van der Waals surface area contributed by atoms with E-state index < -0.39 is 11.8 Å². The summed E-state index contributed by atoms with van der Waals surface area (Å²) in [5.41, 5.74) is 1.95. The van der Waals surface area contributed by atoms with E-state index in [1.165, 1.54) is 12.1 Å². The summed E-state index contributed by atoms with van der Waals surface area (Å²) in [6.45, 7) is 5.81. The highest BCUT2D eigenvalue weighted by Gasteiger charge is 2.17. The molecule has 0 saturated carbocycles. The highest BCUT2D eigenvalue weighted by Crippen LogP contribution is 2.20. The zero-order chi connectivity index (χ0) is 16.5. The lowest BCUT2D eigenvalue weighted by Crippen LogP contribution is -2.17. The van der Waals surface area contributed by atoms with E-state index in [4.69, 9.17) is 0 Å². The van der Waals surface area contributed by atoms with Crippen LogP contribution in [0.15, 0.2) is 48.5 Å². The van der Waals surface area contributed by atoms with E-state index in [2.05, 4.69) is 4.74 Å². The number of benzene rings is 2. The van der Waals surface area contributed by atoms with Crippen LogP contribution in [0.25, 0.3) is 11.1 Å². The van der Waals surface area contributed by atoms with E-state index in [1.807, 2.05) is 13.8 Å². The molecular formula is C18H19FO3. The van der Waals surface area contributed by atoms with Gasteiger partial charge >= 0.3 is 5.97 Å². The number of halogens is 1. The zero-order valence-electron chi connectivity index (χ0n) is 12.9. The molecule has 2 aromatic carbocycles. The average molecular weight is 302 g/mol. The number of Topliss-reactive ketones (excluding diaryl/α,β-unsaturated/α-hetero) is 1. The van der Waals surface area contributed by atoms with Crippen LogP contribution in [-0.4, -0.2) is 18.4 Å². The maximum Gasteiger partial charge on any atom is 0.379 e. The van der Waals surface area contributed by atoms with Gasteiger partial charge in [0, 0.05) is 5.56 Å². The van der Waals surface area contributed by atoms with Crippen LogP contribution in [0.1, 0.15) is 31.1 Å². The van der Waals surface area contributed by atoms with Gasteiger partial charge in [0.2, 0.25) is 0 Å². The van der Waals surface area contributed by atoms with Crippen molar-refractivity contribution >= 4 is 11.8 Å². The number of carbonyl (C=O) groups excluding carboxylic acids is 2. The standard InChI is InChI=1S/C16H13FO3.C2H6/c1-2-20-16(19)15(18)13-5-3-11(4-6-13)12-7-9-14(17)10-8-12;1-2/h3-10H,2H2,1H3;1-2H3. The van der Waals surface area contributed by atoms with Crippen molar-refractivity contribution in [1.29, 1.82) is 0 Å². The Labute approximate surface area is 129 Å². The topological polar surface area (TPSA) is 43.4 Å². The number of rotatable bonds is 4. The van der Waals surface area contributed by atoms with Crippen LogP contribution < -0.4 is 0 Å². The van der Waals surface area contributed by atoms with Crippen LogP contribution >= 0.6 is 0 Å². The first-order chi connectivity index (χ1) is 10.6. The van der Waals surface area contributed by atoms with Crippen molar-refractivity contribution in [2.45, 2.75) is 20.8 Å². The van der Waals surface area contributed by atoms with Gasteiger partial charge in [0.1, 0.15) is 5.82 Å². The minimum absolute atomic E-state index is 0.165. The number of ether oxygens (including phenoxy) is 1. The third kappa shape index (κ3) is 4.52. The van der Waals surface area contributed by atoms with Crippen molar-refractivity contribution in [3.05, 3.63) is 59.9 Å². The van der Waals surface area contributed by atoms with E-state index in [-0.39, 0.29) is 18.0 Å². The van der Waals surface area contributed by atoms with E-state index in [0.29, 0.717) is 0 Å². The molecule has 0 spiro atoms. The molecule has 0 unspecified atom stereocenters. The Morgan fingerprint density at radius 1 is 0.909 bits per heavy atom. The normalized spacial score (nSPS) is 9.45. The number of hydrogen-bond donors (Lipinski definition) is 0. The zero-order valence-corrected chi connectivity index (χ0v) is 12.9. The summed E-state index contributed by atoms with van der Waals surface area (Å²) in [6, 6.07) is 12.6. The summed E-state index contributed by atoms with van der Waals surface area (Å²) in [6.07, 6.45) is 0. The fourth-order valence-corrected chi connectivity index (χ4v) is 1.77. The summed E-state index contributed by atoms with van der Waals surface area (Å²) in [5.74, 6) is -1.83. The fraction of sp³-hybridized carbons (Fsp3) is 0.222.